The first-order valence-electron chi connectivity index (χ1n) is 8.95. The lowest BCUT2D eigenvalue weighted by Crippen LogP contribution is -2.10. The second-order valence-electron chi connectivity index (χ2n) is 7.82. The normalized spacial score (nSPS) is 15.9. The molecule has 0 unspecified atom stereocenters. The maximum atomic E-state index is 12.7. The SMILES string of the molecule is CC(C)(C)c1ccc(-c2[nH]c(O)c3c2C(=O)N=C3C2=CC=C(Cl)C=C=C2)cc1. The van der Waals surface area contributed by atoms with Gasteiger partial charge in [-0.15, -0.1) is 5.73 Å². The molecule has 5 heteroatoms. The summed E-state index contributed by atoms with van der Waals surface area (Å²) in [6.45, 7) is 6.44. The summed E-state index contributed by atoms with van der Waals surface area (Å²) in [5, 5.41) is 11.1. The summed E-state index contributed by atoms with van der Waals surface area (Å²) in [6, 6.07) is 7.98. The summed E-state index contributed by atoms with van der Waals surface area (Å²) in [4.78, 5) is 19.8. The van der Waals surface area contributed by atoms with Crippen LogP contribution in [-0.2, 0) is 5.41 Å². The van der Waals surface area contributed by atoms with Gasteiger partial charge in [-0.1, -0.05) is 62.7 Å². The van der Waals surface area contributed by atoms with E-state index in [1.54, 1.807) is 24.3 Å². The molecule has 1 aromatic heterocycles. The van der Waals surface area contributed by atoms with E-state index in [0.717, 1.165) is 5.56 Å². The summed E-state index contributed by atoms with van der Waals surface area (Å²) in [5.41, 5.74) is 7.42. The average molecular weight is 391 g/mol. The molecule has 2 aliphatic rings. The van der Waals surface area contributed by atoms with Gasteiger partial charge in [-0.25, -0.2) is 4.99 Å². The van der Waals surface area contributed by atoms with Crippen LogP contribution in [0.5, 0.6) is 5.88 Å². The number of aromatic amines is 1. The van der Waals surface area contributed by atoms with Crippen molar-refractivity contribution in [1.29, 1.82) is 0 Å². The van der Waals surface area contributed by atoms with E-state index in [4.69, 9.17) is 11.6 Å². The number of carbonyl (C=O) groups is 1. The van der Waals surface area contributed by atoms with Gasteiger partial charge in [0.25, 0.3) is 5.91 Å². The summed E-state index contributed by atoms with van der Waals surface area (Å²) in [6.07, 6.45) is 6.78. The van der Waals surface area contributed by atoms with Gasteiger partial charge in [-0.3, -0.25) is 4.79 Å². The third-order valence-corrected chi connectivity index (χ3v) is 5.07. The van der Waals surface area contributed by atoms with Crippen molar-refractivity contribution in [3.63, 3.8) is 0 Å². The van der Waals surface area contributed by atoms with E-state index < -0.39 is 0 Å². The van der Waals surface area contributed by atoms with Crippen LogP contribution in [0.1, 0.15) is 42.3 Å². The molecule has 1 aliphatic heterocycles. The number of H-pyrrole nitrogens is 1. The summed E-state index contributed by atoms with van der Waals surface area (Å²) in [7, 11) is 0. The number of benzene rings is 1. The number of fused-ring (bicyclic) bond motifs is 1. The number of amides is 1. The summed E-state index contributed by atoms with van der Waals surface area (Å²) < 4.78 is 0. The topological polar surface area (TPSA) is 65.4 Å². The number of aromatic hydroxyl groups is 1. The number of halogens is 1. The van der Waals surface area contributed by atoms with Gasteiger partial charge in [0.15, 0.2) is 5.88 Å². The molecule has 140 valence electrons. The molecule has 0 saturated heterocycles. The van der Waals surface area contributed by atoms with Crippen LogP contribution >= 0.6 is 11.6 Å². The Balaban J connectivity index is 1.80. The number of nitrogens with one attached hydrogen (secondary N) is 1. The van der Waals surface area contributed by atoms with Crippen LogP contribution in [0.4, 0.5) is 0 Å². The smallest absolute Gasteiger partial charge is 0.280 e. The Morgan fingerprint density at radius 3 is 2.46 bits per heavy atom. The zero-order valence-corrected chi connectivity index (χ0v) is 16.6. The van der Waals surface area contributed by atoms with Crippen LogP contribution in [0.25, 0.3) is 11.3 Å². The van der Waals surface area contributed by atoms with Crippen LogP contribution in [0, 0.1) is 0 Å². The van der Waals surface area contributed by atoms with Gasteiger partial charge in [0.1, 0.15) is 0 Å². The molecule has 0 fully saturated rings. The highest BCUT2D eigenvalue weighted by molar-refractivity contribution is 6.32. The number of aliphatic imine (C=N–C) groups is 1. The van der Waals surface area contributed by atoms with Crippen LogP contribution < -0.4 is 0 Å². The maximum absolute atomic E-state index is 12.7. The lowest BCUT2D eigenvalue weighted by Gasteiger charge is -2.19. The van der Waals surface area contributed by atoms with Crippen molar-refractivity contribution < 1.29 is 9.90 Å². The van der Waals surface area contributed by atoms with Gasteiger partial charge in [0.05, 0.1) is 22.5 Å². The van der Waals surface area contributed by atoms with Crippen molar-refractivity contribution in [3.05, 3.63) is 81.6 Å². The van der Waals surface area contributed by atoms with Gasteiger partial charge in [-0.05, 0) is 34.8 Å². The predicted octanol–water partition coefficient (Wildman–Crippen LogP) is 5.40. The minimum atomic E-state index is -0.381. The average Bonchev–Trinajstić information content (AvgIpc) is 3.07. The molecular weight excluding hydrogens is 372 g/mol. The van der Waals surface area contributed by atoms with Crippen molar-refractivity contribution in [2.45, 2.75) is 26.2 Å². The van der Waals surface area contributed by atoms with Crippen molar-refractivity contribution in [3.8, 4) is 17.1 Å². The third-order valence-electron chi connectivity index (χ3n) is 4.84. The number of rotatable bonds is 2. The Morgan fingerprint density at radius 1 is 1.07 bits per heavy atom. The van der Waals surface area contributed by atoms with Gasteiger partial charge in [0.2, 0.25) is 0 Å². The molecule has 0 saturated carbocycles. The second kappa shape index (κ2) is 6.52. The van der Waals surface area contributed by atoms with Gasteiger partial charge < -0.3 is 10.1 Å². The minimum Gasteiger partial charge on any atom is -0.494 e. The van der Waals surface area contributed by atoms with Crippen LogP contribution in [0.15, 0.2) is 69.9 Å². The second-order valence-corrected chi connectivity index (χ2v) is 8.26. The van der Waals surface area contributed by atoms with Gasteiger partial charge in [-0.2, -0.15) is 0 Å². The van der Waals surface area contributed by atoms with E-state index in [-0.39, 0.29) is 17.2 Å². The number of hydrogen-bond donors (Lipinski definition) is 2. The Kier molecular flexibility index (Phi) is 4.26. The molecule has 28 heavy (non-hydrogen) atoms. The molecule has 0 radical (unpaired) electrons. The van der Waals surface area contributed by atoms with Gasteiger partial charge in [0, 0.05) is 10.6 Å². The standard InChI is InChI=1S/C23H19ClN2O2/c1-23(2,3)15-10-7-14(8-11-15)20-18-17(21(27)26-20)19(25-22(18)28)13-5-4-6-16(24)12-9-13/h5-12,26-27H,1-3H3. The lowest BCUT2D eigenvalue weighted by molar-refractivity contribution is 0.101. The molecule has 2 heterocycles. The van der Waals surface area contributed by atoms with E-state index in [2.05, 4.69) is 36.5 Å². The quantitative estimate of drug-likeness (QED) is 0.674. The molecule has 0 atom stereocenters. The Morgan fingerprint density at radius 2 is 1.79 bits per heavy atom. The van der Waals surface area contributed by atoms with E-state index in [1.165, 1.54) is 5.56 Å². The predicted molar refractivity (Wildman–Crippen MR) is 112 cm³/mol. The third kappa shape index (κ3) is 3.07. The molecule has 1 amide bonds. The van der Waals surface area contributed by atoms with Crippen molar-refractivity contribution >= 4 is 23.2 Å². The highest BCUT2D eigenvalue weighted by atomic mass is 35.5. The summed E-state index contributed by atoms with van der Waals surface area (Å²) in [5.74, 6) is -0.457. The minimum absolute atomic E-state index is 0.0328. The van der Waals surface area contributed by atoms with Crippen molar-refractivity contribution in [2.24, 2.45) is 4.99 Å². The first kappa shape index (κ1) is 18.3. The molecule has 1 aromatic carbocycles. The number of allylic oxidation sites excluding steroid dienone is 5. The highest BCUT2D eigenvalue weighted by Crippen LogP contribution is 2.38. The van der Waals surface area contributed by atoms with Crippen LogP contribution in [0.3, 0.4) is 0 Å². The number of carbonyl (C=O) groups excluding carboxylic acids is 1. The Labute approximate surface area is 168 Å². The van der Waals surface area contributed by atoms with Crippen molar-refractivity contribution in [1.82, 2.24) is 4.98 Å². The largest absolute Gasteiger partial charge is 0.494 e. The monoisotopic (exact) mass is 390 g/mol. The first-order chi connectivity index (χ1) is 13.3. The fraction of sp³-hybridized carbons (Fsp3) is 0.174. The Hall–Kier alpha value is -3.07. The first-order valence-corrected chi connectivity index (χ1v) is 9.33. The molecule has 2 aromatic rings. The van der Waals surface area contributed by atoms with E-state index >= 15 is 0 Å². The molecule has 1 aliphatic carbocycles. The lowest BCUT2D eigenvalue weighted by atomic mass is 9.86. The van der Waals surface area contributed by atoms with Crippen LogP contribution in [0.2, 0.25) is 0 Å². The zero-order chi connectivity index (χ0) is 20.1. The maximum Gasteiger partial charge on any atom is 0.280 e. The number of hydrogen-bond acceptors (Lipinski definition) is 2. The molecule has 2 N–H and O–H groups in total. The molecule has 4 rings (SSSR count). The highest BCUT2D eigenvalue weighted by Gasteiger charge is 2.33. The fourth-order valence-corrected chi connectivity index (χ4v) is 3.46. The van der Waals surface area contributed by atoms with E-state index in [0.29, 0.717) is 33.1 Å². The summed E-state index contributed by atoms with van der Waals surface area (Å²) >= 11 is 6.00. The molecule has 0 spiro atoms. The molecule has 4 nitrogen and oxygen atoms in total. The fourth-order valence-electron chi connectivity index (χ4n) is 3.33. The van der Waals surface area contributed by atoms with Crippen molar-refractivity contribution in [2.75, 3.05) is 0 Å². The number of aromatic nitrogens is 1. The zero-order valence-electron chi connectivity index (χ0n) is 15.8. The van der Waals surface area contributed by atoms with Crippen LogP contribution in [-0.4, -0.2) is 21.7 Å². The van der Waals surface area contributed by atoms with Gasteiger partial charge >= 0.3 is 0 Å². The molecule has 0 bridgehead atoms. The molecular formula is C23H19ClN2O2. The Bertz CT molecular complexity index is 1150. The number of nitrogens with zero attached hydrogens (tertiary/aromatic N) is 1. The van der Waals surface area contributed by atoms with E-state index in [1.807, 2.05) is 24.3 Å². The van der Waals surface area contributed by atoms with E-state index in [9.17, 15) is 9.90 Å².